The molecule has 1 amide bonds. The molecule has 0 unspecified atom stereocenters. The van der Waals surface area contributed by atoms with Crippen molar-refractivity contribution in [2.45, 2.75) is 128 Å². The highest BCUT2D eigenvalue weighted by atomic mass is 32.2. The summed E-state index contributed by atoms with van der Waals surface area (Å²) in [5.41, 5.74) is 9.95. The van der Waals surface area contributed by atoms with Crippen molar-refractivity contribution < 1.29 is 69.3 Å². The van der Waals surface area contributed by atoms with Crippen LogP contribution in [0.1, 0.15) is 116 Å². The highest BCUT2D eigenvalue weighted by Crippen LogP contribution is 2.42. The Balaban J connectivity index is 0.697. The monoisotopic (exact) mass is 1330 g/mol. The predicted molar refractivity (Wildman–Crippen MR) is 344 cm³/mol. The number of aryl methyl sites for hydroxylation is 1. The third kappa shape index (κ3) is 17.1. The fourth-order valence-corrected chi connectivity index (χ4v) is 13.1. The van der Waals surface area contributed by atoms with Crippen LogP contribution in [0.15, 0.2) is 107 Å². The number of carbonyl (C=O) groups is 6. The number of rotatable bonds is 34. The first-order valence-electron chi connectivity index (χ1n) is 31.0. The van der Waals surface area contributed by atoms with E-state index in [1.54, 1.807) is 77.0 Å². The summed E-state index contributed by atoms with van der Waals surface area (Å²) < 4.78 is 81.5. The van der Waals surface area contributed by atoms with Gasteiger partial charge in [-0.3, -0.25) is 24.0 Å². The Hall–Kier alpha value is -8.80. The van der Waals surface area contributed by atoms with Gasteiger partial charge < -0.3 is 39.3 Å². The zero-order valence-electron chi connectivity index (χ0n) is 53.0. The maximum Gasteiger partial charge on any atom is 0.510 e. The summed E-state index contributed by atoms with van der Waals surface area (Å²) in [4.78, 5) is 107. The van der Waals surface area contributed by atoms with E-state index in [-0.39, 0.29) is 105 Å². The smallest absolute Gasteiger partial charge is 0.457 e. The first-order valence-corrected chi connectivity index (χ1v) is 34.7. The molecule has 2 aliphatic heterocycles. The minimum Gasteiger partial charge on any atom is -0.457 e. The number of hydrogen-bond acceptors (Lipinski definition) is 22. The van der Waals surface area contributed by atoms with Gasteiger partial charge in [0.1, 0.15) is 26.4 Å². The van der Waals surface area contributed by atoms with E-state index in [0.717, 1.165) is 28.3 Å². The number of ether oxygens (including phenoxy) is 5. The molecule has 28 heteroatoms. The van der Waals surface area contributed by atoms with E-state index in [2.05, 4.69) is 25.6 Å². The van der Waals surface area contributed by atoms with Gasteiger partial charge in [0.2, 0.25) is 36.5 Å². The van der Waals surface area contributed by atoms with Crippen molar-refractivity contribution in [2.24, 2.45) is 11.7 Å². The molecule has 0 aliphatic carbocycles. The number of sulfonamides is 1. The van der Waals surface area contributed by atoms with Gasteiger partial charge in [0, 0.05) is 109 Å². The van der Waals surface area contributed by atoms with Gasteiger partial charge in [0.15, 0.2) is 17.3 Å². The Morgan fingerprint density at radius 2 is 1.57 bits per heavy atom. The number of fused-ring (bicyclic) bond motifs is 5. The fraction of sp³-hybridized carbons (Fsp3) is 0.424. The number of anilines is 1. The van der Waals surface area contributed by atoms with E-state index < -0.39 is 55.0 Å². The quantitative estimate of drug-likeness (QED) is 0.0184. The zero-order chi connectivity index (χ0) is 67.3. The van der Waals surface area contributed by atoms with Crippen LogP contribution in [0.3, 0.4) is 0 Å². The van der Waals surface area contributed by atoms with Crippen LogP contribution in [-0.4, -0.2) is 149 Å². The van der Waals surface area contributed by atoms with E-state index in [1.807, 2.05) is 38.1 Å². The second-order valence-electron chi connectivity index (χ2n) is 23.5. The molecule has 0 saturated carbocycles. The number of ketones is 3. The molecule has 3 N–H and O–H groups in total. The molecule has 94 heavy (non-hydrogen) atoms. The minimum absolute atomic E-state index is 0.0848. The lowest BCUT2D eigenvalue weighted by molar-refractivity contribution is -0.175. The van der Waals surface area contributed by atoms with Crippen LogP contribution in [0.4, 0.5) is 10.5 Å². The summed E-state index contributed by atoms with van der Waals surface area (Å²) in [6.07, 6.45) is 8.41. The van der Waals surface area contributed by atoms with Crippen LogP contribution in [0, 0.1) is 5.92 Å². The maximum atomic E-state index is 14.4. The first kappa shape index (κ1) is 69.5. The van der Waals surface area contributed by atoms with E-state index in [0.29, 0.717) is 110 Å². The molecule has 9 rings (SSSR count). The number of amides is 1. The summed E-state index contributed by atoms with van der Waals surface area (Å²) in [7, 11) is -7.06. The number of para-hydroxylation sites is 1. The molecule has 7 aromatic rings. The molecule has 6 heterocycles. The number of benzene rings is 3. The SMILES string of the molecule is CC[C@@]1(OC(=O)OCc2ccc(NC(=O)[C@H](CCCCN)CC(=O)COCC(=O)CCCOCCn3cc(CCC(=O)c4ccc(-c5cnc(S(C)(=O)=O)nc5)cc4)nn3)cc2)C(=O)OCc2c1cc1n(c2=O)Cc2c-1nc1ccccc1c2CCN(C(C)C)S(C)(=O)=O. The average Bonchev–Trinajstić information content (AvgIpc) is 1.61. The molecular weight excluding hydrogens is 1250 g/mol. The maximum absolute atomic E-state index is 14.4. The molecule has 498 valence electrons. The highest BCUT2D eigenvalue weighted by molar-refractivity contribution is 7.90. The van der Waals surface area contributed by atoms with Crippen LogP contribution in [0.25, 0.3) is 33.4 Å². The van der Waals surface area contributed by atoms with E-state index in [9.17, 15) is 50.4 Å². The summed E-state index contributed by atoms with van der Waals surface area (Å²) in [6, 6.07) is 22.1. The van der Waals surface area contributed by atoms with Crippen LogP contribution in [0.2, 0.25) is 0 Å². The van der Waals surface area contributed by atoms with Crippen molar-refractivity contribution >= 4 is 71.8 Å². The van der Waals surface area contributed by atoms with Crippen molar-refractivity contribution in [3.63, 3.8) is 0 Å². The molecule has 3 aromatic carbocycles. The number of esters is 1. The molecule has 0 saturated heterocycles. The number of nitrogens with zero attached hydrogens (tertiary/aromatic N) is 8. The number of nitrogens with two attached hydrogens (primary N) is 1. The summed E-state index contributed by atoms with van der Waals surface area (Å²) in [5, 5.41) is 11.7. The summed E-state index contributed by atoms with van der Waals surface area (Å²) in [6.45, 7) is 5.63. The lowest BCUT2D eigenvalue weighted by Gasteiger charge is -2.35. The van der Waals surface area contributed by atoms with Gasteiger partial charge in [-0.05, 0) is 93.5 Å². The van der Waals surface area contributed by atoms with Crippen molar-refractivity contribution in [2.75, 3.05) is 57.3 Å². The van der Waals surface area contributed by atoms with Crippen LogP contribution < -0.4 is 16.6 Å². The van der Waals surface area contributed by atoms with Crippen LogP contribution in [-0.2, 0) is 107 Å². The fourth-order valence-electron chi connectivity index (χ4n) is 11.5. The molecule has 0 bridgehead atoms. The third-order valence-corrected chi connectivity index (χ3v) is 18.7. The molecule has 2 atom stereocenters. The molecule has 0 spiro atoms. The number of aromatic nitrogens is 7. The molecule has 0 fully saturated rings. The number of sulfone groups is 1. The standard InChI is InChI=1S/C66H76N10O16S2/c1-6-66(56-33-58-60-54(37-75(58)62(81)55(56)41-90-63(66)82)52(53-14-7-8-15-57(53)71-60)26-28-76(42(2)3)94(5,86)87)92-65(83)91-38-43-16-22-48(23-17-43)70-61(80)46(12-9-10-27-67)32-51(78)40-89-39-50(77)13-11-30-88-31-29-74-36-49(72-73-74)24-25-59(79)45-20-18-44(19-21-45)47-34-68-64(69-35-47)93(4,84)85/h7-8,14-23,33-36,42,46H,6,9-13,24-32,37-41,67H2,1-5H3,(H,70,80)/t46-,66+/m1/s1. The zero-order valence-corrected chi connectivity index (χ0v) is 54.7. The molecule has 0 radical (unpaired) electrons. The summed E-state index contributed by atoms with van der Waals surface area (Å²) >= 11 is 0. The Morgan fingerprint density at radius 3 is 2.28 bits per heavy atom. The Kier molecular flexibility index (Phi) is 22.9. The van der Waals surface area contributed by atoms with Crippen LogP contribution >= 0.6 is 0 Å². The van der Waals surface area contributed by atoms with E-state index in [4.69, 9.17) is 34.4 Å². The lowest BCUT2D eigenvalue weighted by atomic mass is 9.85. The molecule has 4 aromatic heterocycles. The van der Waals surface area contributed by atoms with Crippen molar-refractivity contribution in [1.82, 2.24) is 38.8 Å². The number of pyridine rings is 2. The number of carbonyl (C=O) groups excluding carboxylic acids is 6. The third-order valence-electron chi connectivity index (χ3n) is 16.4. The minimum atomic E-state index is -3.54. The lowest BCUT2D eigenvalue weighted by Crippen LogP contribution is -2.47. The van der Waals surface area contributed by atoms with Gasteiger partial charge in [-0.1, -0.05) is 73.2 Å². The Labute approximate surface area is 543 Å². The number of hydrogen-bond donors (Lipinski definition) is 2. The van der Waals surface area contributed by atoms with Crippen molar-refractivity contribution in [1.29, 1.82) is 0 Å². The van der Waals surface area contributed by atoms with E-state index in [1.165, 1.54) is 23.0 Å². The topological polar surface area (TPSA) is 350 Å². The van der Waals surface area contributed by atoms with Gasteiger partial charge in [-0.2, -0.15) is 4.31 Å². The van der Waals surface area contributed by atoms with Gasteiger partial charge in [0.05, 0.1) is 54.1 Å². The largest absolute Gasteiger partial charge is 0.510 e. The average molecular weight is 1330 g/mol. The number of cyclic esters (lactones) is 1. The number of unbranched alkanes of at least 4 members (excludes halogenated alkanes) is 1. The second kappa shape index (κ2) is 31.0. The molecular formula is C66H76N10O16S2. The van der Waals surface area contributed by atoms with Crippen molar-refractivity contribution in [3.8, 4) is 22.5 Å². The van der Waals surface area contributed by atoms with Gasteiger partial charge >= 0.3 is 12.1 Å². The van der Waals surface area contributed by atoms with Gasteiger partial charge in [0.25, 0.3) is 5.56 Å². The first-order chi connectivity index (χ1) is 45.0. The molecule has 2 aliphatic rings. The highest BCUT2D eigenvalue weighted by Gasteiger charge is 2.51. The van der Waals surface area contributed by atoms with E-state index >= 15 is 0 Å². The summed E-state index contributed by atoms with van der Waals surface area (Å²) in [5.74, 6) is -2.68. The number of nitrogens with one attached hydrogen (secondary N) is 1. The molecule has 26 nitrogen and oxygen atoms in total. The predicted octanol–water partition coefficient (Wildman–Crippen LogP) is 6.65. The Morgan fingerprint density at radius 1 is 0.840 bits per heavy atom. The normalized spacial score (nSPS) is 14.7. The van der Waals surface area contributed by atoms with Gasteiger partial charge in [-0.25, -0.2) is 46.1 Å². The second-order valence-corrected chi connectivity index (χ2v) is 27.4. The van der Waals surface area contributed by atoms with Gasteiger partial charge in [-0.15, -0.1) is 5.10 Å². The Bertz CT molecular complexity index is 4240. The van der Waals surface area contributed by atoms with Crippen molar-refractivity contribution in [3.05, 3.63) is 147 Å². The van der Waals surface area contributed by atoms with Crippen LogP contribution in [0.5, 0.6) is 0 Å². The number of Topliss-reactive ketones (excluding diaryl/α,β-unsaturated/α-hetero) is 3.